The Labute approximate surface area is 79.7 Å². The largest absolute Gasteiger partial charge is 0.507 e. The fourth-order valence-corrected chi connectivity index (χ4v) is 1.02. The van der Waals surface area contributed by atoms with Gasteiger partial charge in [0, 0.05) is 5.56 Å². The molecular weight excluding hydrogens is 160 g/mol. The summed E-state index contributed by atoms with van der Waals surface area (Å²) in [7, 11) is 0. The molecule has 0 amide bonds. The van der Waals surface area contributed by atoms with Gasteiger partial charge in [-0.3, -0.25) is 0 Å². The highest BCUT2D eigenvalue weighted by Crippen LogP contribution is 2.21. The van der Waals surface area contributed by atoms with Gasteiger partial charge in [-0.25, -0.2) is 0 Å². The molecule has 1 heteroatoms. The average Bonchev–Trinajstić information content (AvgIpc) is 2.08. The predicted octanol–water partition coefficient (Wildman–Crippen LogP) is 3.45. The van der Waals surface area contributed by atoms with Crippen LogP contribution in [0.15, 0.2) is 29.8 Å². The second-order valence-corrected chi connectivity index (χ2v) is 3.60. The molecule has 0 atom stereocenters. The Bertz CT molecular complexity index is 311. The molecule has 0 heterocycles. The second-order valence-electron chi connectivity index (χ2n) is 3.60. The van der Waals surface area contributed by atoms with Gasteiger partial charge in [-0.1, -0.05) is 43.7 Å². The molecule has 0 aliphatic carbocycles. The van der Waals surface area contributed by atoms with Crippen molar-refractivity contribution in [3.8, 4) is 5.75 Å². The van der Waals surface area contributed by atoms with Gasteiger partial charge in [-0.2, -0.15) is 0 Å². The molecular formula is C12H16O. The third-order valence-corrected chi connectivity index (χ3v) is 2.23. The number of aromatic hydroxyl groups is 1. The van der Waals surface area contributed by atoms with Crippen LogP contribution >= 0.6 is 0 Å². The van der Waals surface area contributed by atoms with Crippen molar-refractivity contribution in [3.05, 3.63) is 35.4 Å². The summed E-state index contributed by atoms with van der Waals surface area (Å²) in [6, 6.07) is 7.39. The summed E-state index contributed by atoms with van der Waals surface area (Å²) in [4.78, 5) is 0. The molecule has 0 fully saturated rings. The molecule has 1 aromatic rings. The number of para-hydroxylation sites is 1. The van der Waals surface area contributed by atoms with Gasteiger partial charge in [0.15, 0.2) is 0 Å². The molecule has 0 aliphatic heterocycles. The first-order valence-corrected chi connectivity index (χ1v) is 4.57. The standard InChI is InChI=1S/C12H16O/c1-9(2)10(3)8-11-6-4-5-7-12(11)13/h4-9,13H,1-3H3/b10-8+. The van der Waals surface area contributed by atoms with E-state index in [0.29, 0.717) is 11.7 Å². The molecule has 1 aromatic carbocycles. The molecule has 0 saturated heterocycles. The van der Waals surface area contributed by atoms with Crippen molar-refractivity contribution in [2.45, 2.75) is 20.8 Å². The van der Waals surface area contributed by atoms with Gasteiger partial charge in [-0.15, -0.1) is 0 Å². The number of hydrogen-bond acceptors (Lipinski definition) is 1. The topological polar surface area (TPSA) is 20.2 Å². The molecule has 0 unspecified atom stereocenters. The molecule has 0 saturated carbocycles. The first kappa shape index (κ1) is 9.85. The monoisotopic (exact) mass is 176 g/mol. The third kappa shape index (κ3) is 2.62. The minimum absolute atomic E-state index is 0.350. The van der Waals surface area contributed by atoms with Crippen LogP contribution in [-0.2, 0) is 0 Å². The Morgan fingerprint density at radius 3 is 2.46 bits per heavy atom. The van der Waals surface area contributed by atoms with Crippen LogP contribution in [0.1, 0.15) is 26.3 Å². The maximum Gasteiger partial charge on any atom is 0.122 e. The van der Waals surface area contributed by atoms with E-state index in [1.807, 2.05) is 24.3 Å². The molecule has 1 N–H and O–H groups in total. The van der Waals surface area contributed by atoms with Crippen molar-refractivity contribution in [2.24, 2.45) is 5.92 Å². The van der Waals surface area contributed by atoms with E-state index in [4.69, 9.17) is 0 Å². The zero-order chi connectivity index (χ0) is 9.84. The summed E-state index contributed by atoms with van der Waals surface area (Å²) < 4.78 is 0. The van der Waals surface area contributed by atoms with E-state index in [0.717, 1.165) is 5.56 Å². The molecule has 1 rings (SSSR count). The Hall–Kier alpha value is -1.24. The number of benzene rings is 1. The molecule has 0 spiro atoms. The average molecular weight is 176 g/mol. The normalized spacial score (nSPS) is 12.2. The zero-order valence-electron chi connectivity index (χ0n) is 8.41. The Morgan fingerprint density at radius 1 is 1.31 bits per heavy atom. The summed E-state index contributed by atoms with van der Waals surface area (Å²) in [5.41, 5.74) is 2.18. The minimum Gasteiger partial charge on any atom is -0.507 e. The van der Waals surface area contributed by atoms with E-state index in [2.05, 4.69) is 20.8 Å². The lowest BCUT2D eigenvalue weighted by molar-refractivity contribution is 0.474. The van der Waals surface area contributed by atoms with E-state index in [-0.39, 0.29) is 0 Å². The van der Waals surface area contributed by atoms with Crippen molar-refractivity contribution in [2.75, 3.05) is 0 Å². The molecule has 0 radical (unpaired) electrons. The van der Waals surface area contributed by atoms with Crippen molar-refractivity contribution in [1.29, 1.82) is 0 Å². The van der Waals surface area contributed by atoms with Gasteiger partial charge in [0.25, 0.3) is 0 Å². The lowest BCUT2D eigenvalue weighted by Crippen LogP contribution is -1.88. The summed E-state index contributed by atoms with van der Waals surface area (Å²) in [5, 5.41) is 9.50. The number of rotatable bonds is 2. The Kier molecular flexibility index (Phi) is 3.13. The second kappa shape index (κ2) is 4.13. The summed E-state index contributed by atoms with van der Waals surface area (Å²) in [6.07, 6.45) is 2.03. The van der Waals surface area contributed by atoms with Crippen LogP contribution < -0.4 is 0 Å². The van der Waals surface area contributed by atoms with Crippen LogP contribution in [0.3, 0.4) is 0 Å². The molecule has 70 valence electrons. The maximum atomic E-state index is 9.50. The number of phenols is 1. The van der Waals surface area contributed by atoms with Crippen molar-refractivity contribution < 1.29 is 5.11 Å². The van der Waals surface area contributed by atoms with E-state index in [1.54, 1.807) is 6.07 Å². The highest BCUT2D eigenvalue weighted by Gasteiger charge is 1.99. The fourth-order valence-electron chi connectivity index (χ4n) is 1.02. The van der Waals surface area contributed by atoms with Gasteiger partial charge in [-0.05, 0) is 18.9 Å². The van der Waals surface area contributed by atoms with Crippen LogP contribution in [-0.4, -0.2) is 5.11 Å². The quantitative estimate of drug-likeness (QED) is 0.731. The predicted molar refractivity (Wildman–Crippen MR) is 56.6 cm³/mol. The van der Waals surface area contributed by atoms with E-state index >= 15 is 0 Å². The highest BCUT2D eigenvalue weighted by atomic mass is 16.3. The van der Waals surface area contributed by atoms with E-state index < -0.39 is 0 Å². The summed E-state index contributed by atoms with van der Waals surface area (Å²) >= 11 is 0. The number of hydrogen-bond donors (Lipinski definition) is 1. The smallest absolute Gasteiger partial charge is 0.122 e. The van der Waals surface area contributed by atoms with Gasteiger partial charge >= 0.3 is 0 Å². The summed E-state index contributed by atoms with van der Waals surface area (Å²) in [6.45, 7) is 6.37. The molecule has 0 bridgehead atoms. The first-order chi connectivity index (χ1) is 6.11. The van der Waals surface area contributed by atoms with Crippen molar-refractivity contribution in [3.63, 3.8) is 0 Å². The van der Waals surface area contributed by atoms with Crippen LogP contribution in [0.4, 0.5) is 0 Å². The fraction of sp³-hybridized carbons (Fsp3) is 0.333. The third-order valence-electron chi connectivity index (χ3n) is 2.23. The van der Waals surface area contributed by atoms with Gasteiger partial charge in [0.2, 0.25) is 0 Å². The molecule has 0 aliphatic rings. The van der Waals surface area contributed by atoms with Crippen LogP contribution in [0.5, 0.6) is 5.75 Å². The van der Waals surface area contributed by atoms with Crippen LogP contribution in [0.2, 0.25) is 0 Å². The van der Waals surface area contributed by atoms with Gasteiger partial charge in [0.1, 0.15) is 5.75 Å². The Balaban J connectivity index is 2.97. The van der Waals surface area contributed by atoms with Crippen molar-refractivity contribution >= 4 is 6.08 Å². The first-order valence-electron chi connectivity index (χ1n) is 4.57. The number of allylic oxidation sites excluding steroid dienone is 1. The lowest BCUT2D eigenvalue weighted by atomic mass is 10.0. The number of phenolic OH excluding ortho intramolecular Hbond substituents is 1. The van der Waals surface area contributed by atoms with Gasteiger partial charge < -0.3 is 5.11 Å². The molecule has 13 heavy (non-hydrogen) atoms. The molecule has 0 aromatic heterocycles. The summed E-state index contributed by atoms with van der Waals surface area (Å²) in [5.74, 6) is 0.877. The lowest BCUT2D eigenvalue weighted by Gasteiger charge is -2.05. The van der Waals surface area contributed by atoms with Gasteiger partial charge in [0.05, 0.1) is 0 Å². The van der Waals surface area contributed by atoms with E-state index in [1.165, 1.54) is 5.57 Å². The Morgan fingerprint density at radius 2 is 1.92 bits per heavy atom. The van der Waals surface area contributed by atoms with Crippen LogP contribution in [0.25, 0.3) is 6.08 Å². The van der Waals surface area contributed by atoms with E-state index in [9.17, 15) is 5.11 Å². The van der Waals surface area contributed by atoms with Crippen LogP contribution in [0, 0.1) is 5.92 Å². The minimum atomic E-state index is 0.350. The maximum absolute atomic E-state index is 9.50. The highest BCUT2D eigenvalue weighted by molar-refractivity contribution is 5.59. The zero-order valence-corrected chi connectivity index (χ0v) is 8.41. The molecule has 1 nitrogen and oxygen atoms in total. The van der Waals surface area contributed by atoms with Crippen molar-refractivity contribution in [1.82, 2.24) is 0 Å². The SMILES string of the molecule is C/C(=C\c1ccccc1O)C(C)C.